The van der Waals surface area contributed by atoms with Gasteiger partial charge in [-0.15, -0.1) is 0 Å². The Balaban J connectivity index is 2.82. The van der Waals surface area contributed by atoms with Crippen LogP contribution in [0.2, 0.25) is 0 Å². The van der Waals surface area contributed by atoms with Crippen LogP contribution in [0.5, 0.6) is 0 Å². The Morgan fingerprint density at radius 3 is 3.09 bits per heavy atom. The molecule has 0 aromatic carbocycles. The zero-order chi connectivity index (χ0) is 7.84. The molecule has 0 spiro atoms. The molecule has 0 saturated heterocycles. The largest absolute Gasteiger partial charge is 0.256 e. The van der Waals surface area contributed by atoms with E-state index < -0.39 is 0 Å². The molecule has 0 aliphatic carbocycles. The van der Waals surface area contributed by atoms with Crippen LogP contribution in [-0.4, -0.2) is 14.5 Å². The first-order valence-electron chi connectivity index (χ1n) is 3.02. The summed E-state index contributed by atoms with van der Waals surface area (Å²) in [6.45, 7) is 0. The number of hydrogen-bond acceptors (Lipinski definition) is 2. The monoisotopic (exact) mass is 277 g/mol. The first-order chi connectivity index (χ1) is 5.25. The molecule has 3 nitrogen and oxygen atoms in total. The van der Waals surface area contributed by atoms with Crippen molar-refractivity contribution in [2.45, 2.75) is 0 Å². The van der Waals surface area contributed by atoms with Crippen molar-refractivity contribution in [2.75, 3.05) is 0 Å². The Bertz CT molecular complexity index is 398. The summed E-state index contributed by atoms with van der Waals surface area (Å²) in [7, 11) is 2.48. The number of aromatic nitrogens is 3. The molecule has 1 unspecified atom stereocenters. The van der Waals surface area contributed by atoms with Gasteiger partial charge in [0.1, 0.15) is 11.0 Å². The lowest BCUT2D eigenvalue weighted by Crippen LogP contribution is -1.77. The van der Waals surface area contributed by atoms with E-state index in [-0.39, 0.29) is 0 Å². The molecule has 2 heterocycles. The molecule has 0 aliphatic rings. The van der Waals surface area contributed by atoms with E-state index in [0.717, 1.165) is 14.6 Å². The number of nitrogens with zero attached hydrogens (tertiary/aromatic N) is 3. The van der Waals surface area contributed by atoms with E-state index in [1.807, 2.05) is 18.5 Å². The van der Waals surface area contributed by atoms with Crippen molar-refractivity contribution in [2.24, 2.45) is 0 Å². The van der Waals surface area contributed by atoms with E-state index in [4.69, 9.17) is 0 Å². The van der Waals surface area contributed by atoms with E-state index >= 15 is 0 Å². The zero-order valence-corrected chi connectivity index (χ0v) is 8.84. The van der Waals surface area contributed by atoms with Crippen LogP contribution in [0.3, 0.4) is 0 Å². The van der Waals surface area contributed by atoms with Crippen molar-refractivity contribution in [3.8, 4) is 0 Å². The van der Waals surface area contributed by atoms with E-state index in [1.54, 1.807) is 4.45 Å². The third-order valence-corrected chi connectivity index (χ3v) is 2.20. The summed E-state index contributed by atoms with van der Waals surface area (Å²) in [5.41, 5.74) is 1.87. The van der Waals surface area contributed by atoms with Crippen LogP contribution in [0, 0.1) is 3.57 Å². The van der Waals surface area contributed by atoms with Crippen molar-refractivity contribution >= 4 is 43.0 Å². The van der Waals surface area contributed by atoms with Gasteiger partial charge in [0, 0.05) is 9.77 Å². The Kier molecular flexibility index (Phi) is 1.81. The molecule has 0 aliphatic heterocycles. The Hall–Kier alpha value is -0.220. The zero-order valence-electron chi connectivity index (χ0n) is 5.53. The quantitative estimate of drug-likeness (QED) is 0.541. The van der Waals surface area contributed by atoms with Gasteiger partial charge in [0.2, 0.25) is 0 Å². The maximum Gasteiger partial charge on any atom is 0.112 e. The summed E-state index contributed by atoms with van der Waals surface area (Å²) in [5.74, 6) is 0. The van der Waals surface area contributed by atoms with Gasteiger partial charge in [0.25, 0.3) is 0 Å². The maximum absolute atomic E-state index is 4.20. The van der Waals surface area contributed by atoms with Gasteiger partial charge in [0.15, 0.2) is 0 Å². The molecule has 11 heavy (non-hydrogen) atoms. The maximum atomic E-state index is 4.20. The van der Waals surface area contributed by atoms with Gasteiger partial charge in [-0.1, -0.05) is 0 Å². The highest BCUT2D eigenvalue weighted by molar-refractivity contribution is 14.1. The van der Waals surface area contributed by atoms with Crippen LogP contribution in [0.1, 0.15) is 0 Å². The summed E-state index contributed by atoms with van der Waals surface area (Å²) in [5, 5.41) is 4.19. The summed E-state index contributed by atoms with van der Waals surface area (Å²) in [6.07, 6.45) is 3.70. The highest BCUT2D eigenvalue weighted by Crippen LogP contribution is 2.13. The molecule has 2 aromatic heterocycles. The minimum atomic E-state index is 0.931. The van der Waals surface area contributed by atoms with Crippen molar-refractivity contribution in [3.63, 3.8) is 0 Å². The van der Waals surface area contributed by atoms with Crippen molar-refractivity contribution in [1.82, 2.24) is 14.5 Å². The summed E-state index contributed by atoms with van der Waals surface area (Å²) < 4.78 is 2.80. The molecule has 2 aromatic rings. The van der Waals surface area contributed by atoms with Crippen LogP contribution in [-0.2, 0) is 0 Å². The van der Waals surface area contributed by atoms with Gasteiger partial charge in [-0.25, -0.2) is 0 Å². The molecule has 1 atom stereocenters. The molecule has 0 amide bonds. The summed E-state index contributed by atoms with van der Waals surface area (Å²) in [6, 6.07) is 2.00. The second-order valence-corrected chi connectivity index (χ2v) is 3.94. The van der Waals surface area contributed by atoms with Gasteiger partial charge in [-0.3, -0.25) is 9.44 Å². The van der Waals surface area contributed by atoms with Gasteiger partial charge >= 0.3 is 0 Å². The molecule has 0 saturated carbocycles. The predicted molar refractivity (Wildman–Crippen MR) is 55.4 cm³/mol. The van der Waals surface area contributed by atoms with E-state index in [9.17, 15) is 0 Å². The number of halogens is 1. The molecule has 0 bridgehead atoms. The van der Waals surface area contributed by atoms with Gasteiger partial charge < -0.3 is 0 Å². The molecular weight excluding hydrogens is 272 g/mol. The minimum absolute atomic E-state index is 0.931. The second-order valence-electron chi connectivity index (χ2n) is 2.17. The normalized spacial score (nSPS) is 10.7. The average molecular weight is 277 g/mol. The van der Waals surface area contributed by atoms with Crippen LogP contribution in [0.25, 0.3) is 11.0 Å². The molecule has 2 rings (SSSR count). The number of pyridine rings is 1. The lowest BCUT2D eigenvalue weighted by atomic mass is 10.4. The Morgan fingerprint density at radius 1 is 1.45 bits per heavy atom. The highest BCUT2D eigenvalue weighted by Gasteiger charge is 1.98. The van der Waals surface area contributed by atoms with Gasteiger partial charge in [-0.2, -0.15) is 5.10 Å². The number of hydrogen-bond donors (Lipinski definition) is 0. The fourth-order valence-electron chi connectivity index (χ4n) is 0.897. The average Bonchev–Trinajstić information content (AvgIpc) is 2.27. The lowest BCUT2D eigenvalue weighted by molar-refractivity contribution is 1.03. The number of fused-ring (bicyclic) bond motifs is 1. The van der Waals surface area contributed by atoms with Crippen LogP contribution in [0.4, 0.5) is 0 Å². The number of rotatable bonds is 0. The van der Waals surface area contributed by atoms with Crippen molar-refractivity contribution in [1.29, 1.82) is 0 Å². The molecule has 56 valence electrons. The van der Waals surface area contributed by atoms with E-state index in [1.165, 1.54) is 0 Å². The summed E-state index contributed by atoms with van der Waals surface area (Å²) >= 11 is 2.22. The fraction of sp³-hybridized carbons (Fsp3) is 0. The van der Waals surface area contributed by atoms with Crippen molar-refractivity contribution in [3.05, 3.63) is 22.0 Å². The molecule has 0 radical (unpaired) electrons. The molecular formula is C6H5IN3P. The summed E-state index contributed by atoms with van der Waals surface area (Å²) in [4.78, 5) is 4.20. The fourth-order valence-corrected chi connectivity index (χ4v) is 1.60. The van der Waals surface area contributed by atoms with E-state index in [2.05, 4.69) is 42.1 Å². The smallest absolute Gasteiger partial charge is 0.112 e. The lowest BCUT2D eigenvalue weighted by Gasteiger charge is -1.86. The van der Waals surface area contributed by atoms with Gasteiger partial charge in [0.05, 0.1) is 6.20 Å². The van der Waals surface area contributed by atoms with Crippen molar-refractivity contribution < 1.29 is 0 Å². The Labute approximate surface area is 79.6 Å². The third-order valence-electron chi connectivity index (χ3n) is 1.34. The molecule has 5 heteroatoms. The molecule has 0 fully saturated rings. The second kappa shape index (κ2) is 2.68. The van der Waals surface area contributed by atoms with Gasteiger partial charge in [-0.05, 0) is 38.0 Å². The van der Waals surface area contributed by atoms with Crippen LogP contribution < -0.4 is 0 Å². The standard InChI is InChI=1S/C6H5IN3P/c7-4-1-5-6(8-2-4)3-10(11)9-5/h1-3H,11H2. The Morgan fingerprint density at radius 2 is 2.27 bits per heavy atom. The topological polar surface area (TPSA) is 30.7 Å². The first kappa shape index (κ1) is 7.43. The first-order valence-corrected chi connectivity index (χ1v) is 4.61. The van der Waals surface area contributed by atoms with Crippen LogP contribution in [0.15, 0.2) is 18.5 Å². The predicted octanol–water partition coefficient (Wildman–Crippen LogP) is 1.67. The molecule has 0 N–H and O–H groups in total. The minimum Gasteiger partial charge on any atom is -0.256 e. The van der Waals surface area contributed by atoms with E-state index in [0.29, 0.717) is 0 Å². The van der Waals surface area contributed by atoms with Crippen LogP contribution >= 0.6 is 32.0 Å². The highest BCUT2D eigenvalue weighted by atomic mass is 127. The SMILES string of the molecule is Pn1cc2ncc(I)cc2n1. The third kappa shape index (κ3) is 1.37.